The lowest BCUT2D eigenvalue weighted by Gasteiger charge is -2.18. The molecule has 2 aliphatic rings. The van der Waals surface area contributed by atoms with Gasteiger partial charge in [-0.15, -0.1) is 0 Å². The molecule has 0 bridgehead atoms. The number of aromatic nitrogens is 4. The maximum atomic E-state index is 12.8. The van der Waals surface area contributed by atoms with Crippen molar-refractivity contribution < 1.29 is 14.3 Å². The highest BCUT2D eigenvalue weighted by Gasteiger charge is 2.38. The SMILES string of the molecule is C[Si](C)(C)CCOCn1c(-c2nn(COCC[Si](C)(C)C)c3cc(Br)ccc23)nc2c1CN(C(=O)C1CC1)C2. The maximum absolute atomic E-state index is 12.8. The van der Waals surface area contributed by atoms with E-state index in [0.717, 1.165) is 76.4 Å². The maximum Gasteiger partial charge on any atom is 0.226 e. The molecular weight excluding hydrogens is 590 g/mol. The van der Waals surface area contributed by atoms with Crippen molar-refractivity contribution in [1.82, 2.24) is 24.2 Å². The third kappa shape index (κ3) is 6.93. The highest BCUT2D eigenvalue weighted by Crippen LogP contribution is 2.37. The van der Waals surface area contributed by atoms with Gasteiger partial charge in [-0.25, -0.2) is 9.67 Å². The summed E-state index contributed by atoms with van der Waals surface area (Å²) in [6.07, 6.45) is 2.02. The molecule has 0 N–H and O–H groups in total. The van der Waals surface area contributed by atoms with Crippen LogP contribution in [0.15, 0.2) is 22.7 Å². The van der Waals surface area contributed by atoms with E-state index in [1.54, 1.807) is 0 Å². The number of amides is 1. The topological polar surface area (TPSA) is 74.4 Å². The number of rotatable bonds is 12. The highest BCUT2D eigenvalue weighted by molar-refractivity contribution is 9.10. The summed E-state index contributed by atoms with van der Waals surface area (Å²) in [5, 5.41) is 6.07. The van der Waals surface area contributed by atoms with Crippen molar-refractivity contribution in [2.24, 2.45) is 5.92 Å². The molecule has 3 aromatic rings. The van der Waals surface area contributed by atoms with Crippen molar-refractivity contribution in [2.45, 2.75) is 90.8 Å². The second kappa shape index (κ2) is 11.2. The smallest absolute Gasteiger partial charge is 0.226 e. The molecular formula is C28H42BrN5O3Si2. The Kier molecular flexibility index (Phi) is 8.27. The fourth-order valence-electron chi connectivity index (χ4n) is 4.80. The van der Waals surface area contributed by atoms with Crippen LogP contribution in [-0.2, 0) is 40.8 Å². The average molecular weight is 633 g/mol. The van der Waals surface area contributed by atoms with Gasteiger partial charge >= 0.3 is 0 Å². The monoisotopic (exact) mass is 631 g/mol. The molecule has 0 unspecified atom stereocenters. The summed E-state index contributed by atoms with van der Waals surface area (Å²) in [5.41, 5.74) is 3.86. The number of nitrogens with zero attached hydrogens (tertiary/aromatic N) is 5. The zero-order valence-electron chi connectivity index (χ0n) is 24.2. The van der Waals surface area contributed by atoms with E-state index in [-0.39, 0.29) is 11.8 Å². The molecule has 0 spiro atoms. The van der Waals surface area contributed by atoms with E-state index in [9.17, 15) is 4.79 Å². The first-order chi connectivity index (χ1) is 18.4. The summed E-state index contributed by atoms with van der Waals surface area (Å²) in [6.45, 7) is 17.6. The van der Waals surface area contributed by atoms with Crippen molar-refractivity contribution in [3.05, 3.63) is 34.1 Å². The minimum atomic E-state index is -1.21. The van der Waals surface area contributed by atoms with Crippen molar-refractivity contribution in [2.75, 3.05) is 13.2 Å². The van der Waals surface area contributed by atoms with E-state index in [0.29, 0.717) is 26.6 Å². The summed E-state index contributed by atoms with van der Waals surface area (Å²) in [4.78, 5) is 19.9. The van der Waals surface area contributed by atoms with Gasteiger partial charge in [-0.05, 0) is 43.1 Å². The molecule has 212 valence electrons. The number of hydrogen-bond donors (Lipinski definition) is 0. The Morgan fingerprint density at radius 2 is 1.67 bits per heavy atom. The summed E-state index contributed by atoms with van der Waals surface area (Å²) in [5.74, 6) is 1.27. The van der Waals surface area contributed by atoms with Gasteiger partial charge in [-0.2, -0.15) is 5.10 Å². The molecule has 1 aliphatic heterocycles. The Hall–Kier alpha value is -1.80. The quantitative estimate of drug-likeness (QED) is 0.168. The molecule has 1 saturated carbocycles. The number of carbonyl (C=O) groups excluding carboxylic acids is 1. The Labute approximate surface area is 242 Å². The Bertz CT molecular complexity index is 1350. The summed E-state index contributed by atoms with van der Waals surface area (Å²) in [6, 6.07) is 8.45. The average Bonchev–Trinajstić information content (AvgIpc) is 3.40. The van der Waals surface area contributed by atoms with Gasteiger partial charge in [0.1, 0.15) is 19.2 Å². The van der Waals surface area contributed by atoms with Crippen LogP contribution >= 0.6 is 15.9 Å². The van der Waals surface area contributed by atoms with E-state index in [2.05, 4.69) is 71.9 Å². The third-order valence-corrected chi connectivity index (χ3v) is 11.3. The lowest BCUT2D eigenvalue weighted by Crippen LogP contribution is -2.28. The van der Waals surface area contributed by atoms with E-state index >= 15 is 0 Å². The van der Waals surface area contributed by atoms with Gasteiger partial charge in [0, 0.05) is 45.1 Å². The molecule has 11 heteroatoms. The van der Waals surface area contributed by atoms with Crippen LogP contribution in [0.2, 0.25) is 51.4 Å². The Balaban J connectivity index is 1.45. The van der Waals surface area contributed by atoms with Crippen LogP contribution < -0.4 is 0 Å². The number of ether oxygens (including phenoxy) is 2. The zero-order chi connectivity index (χ0) is 27.9. The molecule has 1 aromatic carbocycles. The van der Waals surface area contributed by atoms with Crippen LogP contribution in [0.4, 0.5) is 0 Å². The fourth-order valence-corrected chi connectivity index (χ4v) is 6.66. The molecule has 1 amide bonds. The minimum absolute atomic E-state index is 0.203. The van der Waals surface area contributed by atoms with E-state index in [4.69, 9.17) is 19.6 Å². The molecule has 3 heterocycles. The van der Waals surface area contributed by atoms with Gasteiger partial charge in [-0.1, -0.05) is 55.2 Å². The molecule has 5 rings (SSSR count). The lowest BCUT2D eigenvalue weighted by molar-refractivity contribution is -0.133. The molecule has 39 heavy (non-hydrogen) atoms. The first-order valence-electron chi connectivity index (χ1n) is 14.1. The lowest BCUT2D eigenvalue weighted by atomic mass is 10.2. The molecule has 8 nitrogen and oxygen atoms in total. The summed E-state index contributed by atoms with van der Waals surface area (Å²) >= 11 is 3.63. The van der Waals surface area contributed by atoms with Gasteiger partial charge < -0.3 is 18.9 Å². The van der Waals surface area contributed by atoms with Crippen molar-refractivity contribution >= 4 is 48.9 Å². The Morgan fingerprint density at radius 1 is 1.00 bits per heavy atom. The predicted molar refractivity (Wildman–Crippen MR) is 164 cm³/mol. The van der Waals surface area contributed by atoms with Gasteiger partial charge in [-0.3, -0.25) is 4.79 Å². The third-order valence-electron chi connectivity index (χ3n) is 7.43. The number of benzene rings is 1. The number of imidazole rings is 1. The molecule has 0 radical (unpaired) electrons. The van der Waals surface area contributed by atoms with Crippen LogP contribution in [0.5, 0.6) is 0 Å². The van der Waals surface area contributed by atoms with E-state index in [1.807, 2.05) is 15.6 Å². The molecule has 0 atom stereocenters. The van der Waals surface area contributed by atoms with Crippen LogP contribution in [0, 0.1) is 5.92 Å². The number of carbonyl (C=O) groups is 1. The van der Waals surface area contributed by atoms with Crippen molar-refractivity contribution in [3.8, 4) is 11.5 Å². The fraction of sp³-hybridized carbons (Fsp3) is 0.607. The molecule has 2 aromatic heterocycles. The zero-order valence-corrected chi connectivity index (χ0v) is 27.8. The van der Waals surface area contributed by atoms with Gasteiger partial charge in [0.15, 0.2) is 5.82 Å². The van der Waals surface area contributed by atoms with Crippen LogP contribution in [0.1, 0.15) is 24.2 Å². The van der Waals surface area contributed by atoms with Crippen LogP contribution in [0.25, 0.3) is 22.4 Å². The van der Waals surface area contributed by atoms with E-state index in [1.165, 1.54) is 0 Å². The van der Waals surface area contributed by atoms with Gasteiger partial charge in [0.25, 0.3) is 0 Å². The van der Waals surface area contributed by atoms with Crippen LogP contribution in [0.3, 0.4) is 0 Å². The highest BCUT2D eigenvalue weighted by atomic mass is 79.9. The van der Waals surface area contributed by atoms with E-state index < -0.39 is 16.1 Å². The predicted octanol–water partition coefficient (Wildman–Crippen LogP) is 6.54. The second-order valence-corrected chi connectivity index (χ2v) is 25.6. The Morgan fingerprint density at radius 3 is 2.31 bits per heavy atom. The number of halogens is 1. The first-order valence-corrected chi connectivity index (χ1v) is 22.3. The normalized spacial score (nSPS) is 15.9. The molecule has 0 saturated heterocycles. The van der Waals surface area contributed by atoms with Crippen LogP contribution in [-0.4, -0.2) is 59.5 Å². The van der Waals surface area contributed by atoms with Crippen molar-refractivity contribution in [1.29, 1.82) is 0 Å². The minimum Gasteiger partial charge on any atom is -0.361 e. The standard InChI is InChI=1S/C28H42BrN5O3Si2/c1-38(2,3)13-11-36-18-33-25-17-32(28(35)20-7-8-20)16-23(25)30-27(33)26-22-10-9-21(29)15-24(22)34(31-26)19-37-12-14-39(4,5)6/h9-10,15,20H,7-8,11-14,16-19H2,1-6H3. The summed E-state index contributed by atoms with van der Waals surface area (Å²) < 4.78 is 17.4. The first kappa shape index (κ1) is 28.7. The molecule has 1 fully saturated rings. The van der Waals surface area contributed by atoms with Gasteiger partial charge in [0.2, 0.25) is 5.91 Å². The molecule has 1 aliphatic carbocycles. The second-order valence-electron chi connectivity index (χ2n) is 13.4. The van der Waals surface area contributed by atoms with Crippen molar-refractivity contribution in [3.63, 3.8) is 0 Å². The van der Waals surface area contributed by atoms with Gasteiger partial charge in [0.05, 0.1) is 30.0 Å². The number of hydrogen-bond acceptors (Lipinski definition) is 5. The largest absolute Gasteiger partial charge is 0.361 e. The number of fused-ring (bicyclic) bond motifs is 2. The summed E-state index contributed by atoms with van der Waals surface area (Å²) in [7, 11) is -2.38.